The average molecular weight is 329 g/mol. The minimum absolute atomic E-state index is 0.181. The van der Waals surface area contributed by atoms with E-state index in [1.807, 2.05) is 11.7 Å². The van der Waals surface area contributed by atoms with Gasteiger partial charge in [0.2, 0.25) is 0 Å². The molecule has 0 aliphatic carbocycles. The van der Waals surface area contributed by atoms with Crippen LogP contribution < -0.4 is 5.32 Å². The van der Waals surface area contributed by atoms with E-state index in [2.05, 4.69) is 33.2 Å². The Hall–Kier alpha value is -0.780. The first-order valence-corrected chi connectivity index (χ1v) is 7.43. The van der Waals surface area contributed by atoms with Crippen LogP contribution in [0.3, 0.4) is 0 Å². The maximum atomic E-state index is 13.3. The molecule has 2 rings (SSSR count). The molecule has 2 aromatic rings. The largest absolute Gasteiger partial charge is 0.309 e. The fourth-order valence-electron chi connectivity index (χ4n) is 1.84. The van der Waals surface area contributed by atoms with Crippen molar-refractivity contribution in [2.24, 2.45) is 0 Å². The number of nitrogens with one attached hydrogen (secondary N) is 1. The summed E-state index contributed by atoms with van der Waals surface area (Å²) < 4.78 is 14.2. The first kappa shape index (κ1) is 13.6. The van der Waals surface area contributed by atoms with E-state index in [-0.39, 0.29) is 11.9 Å². The van der Waals surface area contributed by atoms with Gasteiger partial charge in [0.25, 0.3) is 0 Å². The van der Waals surface area contributed by atoms with Crippen molar-refractivity contribution in [3.8, 4) is 0 Å². The second-order valence-electron chi connectivity index (χ2n) is 3.95. The number of benzene rings is 1. The highest BCUT2D eigenvalue weighted by Crippen LogP contribution is 2.26. The lowest BCUT2D eigenvalue weighted by molar-refractivity contribution is 0.553. The minimum Gasteiger partial charge on any atom is -0.309 e. The molecule has 5 heteroatoms. The monoisotopic (exact) mass is 328 g/mol. The molecule has 0 radical (unpaired) electrons. The molecule has 96 valence electrons. The zero-order valence-electron chi connectivity index (χ0n) is 9.99. The van der Waals surface area contributed by atoms with Crippen LogP contribution in [0.4, 0.5) is 4.39 Å². The summed E-state index contributed by atoms with van der Waals surface area (Å²) in [7, 11) is 0. The van der Waals surface area contributed by atoms with E-state index in [4.69, 9.17) is 0 Å². The SMILES string of the molecule is CCNC(Cc1cc(F)ccc1Br)c1cncs1. The lowest BCUT2D eigenvalue weighted by atomic mass is 10.0. The quantitative estimate of drug-likeness (QED) is 0.899. The van der Waals surface area contributed by atoms with Gasteiger partial charge in [0.05, 0.1) is 5.51 Å². The van der Waals surface area contributed by atoms with Crippen LogP contribution in [0, 0.1) is 5.82 Å². The lowest BCUT2D eigenvalue weighted by Crippen LogP contribution is -2.22. The molecule has 2 nitrogen and oxygen atoms in total. The number of likely N-dealkylation sites (N-methyl/N-ethyl adjacent to an activating group) is 1. The Labute approximate surface area is 118 Å². The maximum absolute atomic E-state index is 13.3. The number of nitrogens with zero attached hydrogens (tertiary/aromatic N) is 1. The van der Waals surface area contributed by atoms with Crippen LogP contribution in [-0.4, -0.2) is 11.5 Å². The maximum Gasteiger partial charge on any atom is 0.123 e. The Morgan fingerprint density at radius 1 is 1.50 bits per heavy atom. The molecule has 0 amide bonds. The number of thiazole rings is 1. The summed E-state index contributed by atoms with van der Waals surface area (Å²) in [5.41, 5.74) is 2.79. The molecule has 0 saturated heterocycles. The molecule has 0 saturated carbocycles. The van der Waals surface area contributed by atoms with E-state index in [9.17, 15) is 4.39 Å². The number of aromatic nitrogens is 1. The summed E-state index contributed by atoms with van der Waals surface area (Å²) in [4.78, 5) is 5.27. The van der Waals surface area contributed by atoms with Crippen LogP contribution in [-0.2, 0) is 6.42 Å². The van der Waals surface area contributed by atoms with Crippen molar-refractivity contribution in [2.75, 3.05) is 6.54 Å². The van der Waals surface area contributed by atoms with E-state index in [0.717, 1.165) is 23.0 Å². The van der Waals surface area contributed by atoms with Gasteiger partial charge in [-0.3, -0.25) is 4.98 Å². The third-order valence-electron chi connectivity index (χ3n) is 2.68. The van der Waals surface area contributed by atoms with Gasteiger partial charge >= 0.3 is 0 Å². The normalized spacial score (nSPS) is 12.6. The van der Waals surface area contributed by atoms with Crippen LogP contribution in [0.1, 0.15) is 23.4 Å². The Morgan fingerprint density at radius 2 is 2.33 bits per heavy atom. The van der Waals surface area contributed by atoms with Gasteiger partial charge in [-0.05, 0) is 36.7 Å². The highest BCUT2D eigenvalue weighted by molar-refractivity contribution is 9.10. The topological polar surface area (TPSA) is 24.9 Å². The second-order valence-corrected chi connectivity index (χ2v) is 5.73. The summed E-state index contributed by atoms with van der Waals surface area (Å²) >= 11 is 5.08. The van der Waals surface area contributed by atoms with E-state index in [1.54, 1.807) is 23.5 Å². The van der Waals surface area contributed by atoms with E-state index < -0.39 is 0 Å². The van der Waals surface area contributed by atoms with Gasteiger partial charge in [-0.2, -0.15) is 0 Å². The highest BCUT2D eigenvalue weighted by Gasteiger charge is 2.14. The molecule has 1 aromatic carbocycles. The lowest BCUT2D eigenvalue weighted by Gasteiger charge is -2.17. The number of hydrogen-bond donors (Lipinski definition) is 1. The molecule has 18 heavy (non-hydrogen) atoms. The molecule has 0 aliphatic heterocycles. The van der Waals surface area contributed by atoms with Crippen molar-refractivity contribution in [3.05, 3.63) is 50.6 Å². The van der Waals surface area contributed by atoms with Crippen LogP contribution in [0.15, 0.2) is 34.4 Å². The molecule has 1 aromatic heterocycles. The van der Waals surface area contributed by atoms with Crippen molar-refractivity contribution in [2.45, 2.75) is 19.4 Å². The fraction of sp³-hybridized carbons (Fsp3) is 0.308. The van der Waals surface area contributed by atoms with Gasteiger partial charge in [0, 0.05) is 21.6 Å². The zero-order chi connectivity index (χ0) is 13.0. The Bertz CT molecular complexity index is 502. The zero-order valence-corrected chi connectivity index (χ0v) is 12.4. The molecule has 0 fully saturated rings. The van der Waals surface area contributed by atoms with Crippen molar-refractivity contribution >= 4 is 27.3 Å². The standard InChI is InChI=1S/C13H14BrFN2S/c1-2-17-12(13-7-16-8-18-13)6-9-5-10(15)3-4-11(9)14/h3-5,7-8,12,17H,2,6H2,1H3. The number of halogens is 2. The van der Waals surface area contributed by atoms with Crippen molar-refractivity contribution < 1.29 is 4.39 Å². The molecule has 1 unspecified atom stereocenters. The van der Waals surface area contributed by atoms with Gasteiger partial charge in [-0.15, -0.1) is 11.3 Å². The van der Waals surface area contributed by atoms with Crippen molar-refractivity contribution in [1.82, 2.24) is 10.3 Å². The Balaban J connectivity index is 2.21. The van der Waals surface area contributed by atoms with Gasteiger partial charge in [0.1, 0.15) is 5.82 Å². The Morgan fingerprint density at radius 3 is 3.00 bits per heavy atom. The van der Waals surface area contributed by atoms with Crippen LogP contribution in [0.2, 0.25) is 0 Å². The van der Waals surface area contributed by atoms with Crippen molar-refractivity contribution in [1.29, 1.82) is 0 Å². The molecule has 0 spiro atoms. The average Bonchev–Trinajstić information content (AvgIpc) is 2.87. The molecular weight excluding hydrogens is 315 g/mol. The third-order valence-corrected chi connectivity index (χ3v) is 4.34. The van der Waals surface area contributed by atoms with E-state index in [1.165, 1.54) is 10.9 Å². The molecule has 1 N–H and O–H groups in total. The molecular formula is C13H14BrFN2S. The third kappa shape index (κ3) is 3.37. The van der Waals surface area contributed by atoms with Crippen LogP contribution in [0.5, 0.6) is 0 Å². The highest BCUT2D eigenvalue weighted by atomic mass is 79.9. The number of rotatable bonds is 5. The predicted molar refractivity (Wildman–Crippen MR) is 76.3 cm³/mol. The van der Waals surface area contributed by atoms with Crippen LogP contribution >= 0.6 is 27.3 Å². The van der Waals surface area contributed by atoms with Gasteiger partial charge in [-0.25, -0.2) is 4.39 Å². The molecule has 1 heterocycles. The smallest absolute Gasteiger partial charge is 0.123 e. The number of hydrogen-bond acceptors (Lipinski definition) is 3. The van der Waals surface area contributed by atoms with Crippen molar-refractivity contribution in [3.63, 3.8) is 0 Å². The summed E-state index contributed by atoms with van der Waals surface area (Å²) in [6.45, 7) is 2.93. The second kappa shape index (κ2) is 6.41. The summed E-state index contributed by atoms with van der Waals surface area (Å²) in [5.74, 6) is -0.201. The predicted octanol–water partition coefficient (Wildman–Crippen LogP) is 3.94. The van der Waals surface area contributed by atoms with Gasteiger partial charge < -0.3 is 5.32 Å². The summed E-state index contributed by atoms with van der Waals surface area (Å²) in [5, 5.41) is 3.41. The Kier molecular flexibility index (Phi) is 4.86. The fourth-order valence-corrected chi connectivity index (χ4v) is 2.94. The summed E-state index contributed by atoms with van der Waals surface area (Å²) in [6, 6.07) is 4.97. The van der Waals surface area contributed by atoms with Gasteiger partial charge in [-0.1, -0.05) is 22.9 Å². The molecule has 0 aliphatic rings. The summed E-state index contributed by atoms with van der Waals surface area (Å²) in [6.07, 6.45) is 2.61. The first-order valence-electron chi connectivity index (χ1n) is 5.76. The minimum atomic E-state index is -0.201. The van der Waals surface area contributed by atoms with E-state index >= 15 is 0 Å². The molecule has 0 bridgehead atoms. The van der Waals surface area contributed by atoms with E-state index in [0.29, 0.717) is 0 Å². The molecule has 1 atom stereocenters. The van der Waals surface area contributed by atoms with Crippen LogP contribution in [0.25, 0.3) is 0 Å². The van der Waals surface area contributed by atoms with Gasteiger partial charge in [0.15, 0.2) is 0 Å². The first-order chi connectivity index (χ1) is 8.70.